The summed E-state index contributed by atoms with van der Waals surface area (Å²) in [6.45, 7) is 10.3. The molecule has 3 aliphatic heterocycles. The van der Waals surface area contributed by atoms with Crippen molar-refractivity contribution in [1.29, 1.82) is 0 Å². The molecule has 4 heterocycles. The van der Waals surface area contributed by atoms with Crippen molar-refractivity contribution in [2.75, 3.05) is 36.1 Å². The summed E-state index contributed by atoms with van der Waals surface area (Å²) in [6.07, 6.45) is 2.87. The lowest BCUT2D eigenvalue weighted by atomic mass is 9.82. The molecule has 3 aromatic rings. The molecule has 0 bridgehead atoms. The largest absolute Gasteiger partial charge is 0.447 e. The minimum Gasteiger partial charge on any atom is -0.447 e. The quantitative estimate of drug-likeness (QED) is 0.198. The van der Waals surface area contributed by atoms with Gasteiger partial charge in [-0.1, -0.05) is 48.5 Å². The van der Waals surface area contributed by atoms with Crippen molar-refractivity contribution in [1.82, 2.24) is 15.0 Å². The molecule has 10 nitrogen and oxygen atoms in total. The number of amides is 2. The Balaban J connectivity index is 1.32. The number of ether oxygens (including phenoxy) is 2. The number of carbonyl (C=O) groups excluding carboxylic acids is 2. The summed E-state index contributed by atoms with van der Waals surface area (Å²) in [7, 11) is -3.36. The summed E-state index contributed by atoms with van der Waals surface area (Å²) < 4.78 is 29.9. The topological polar surface area (TPSA) is 110 Å². The molecular weight excluding hydrogens is 581 g/mol. The van der Waals surface area contributed by atoms with Gasteiger partial charge in [0.2, 0.25) is 8.41 Å². The van der Waals surface area contributed by atoms with Gasteiger partial charge in [0.1, 0.15) is 6.61 Å². The molecule has 0 aliphatic carbocycles. The lowest BCUT2D eigenvalue weighted by Crippen LogP contribution is -2.45. The molecule has 2 fully saturated rings. The number of aryl methyl sites for hydroxylation is 1. The minimum absolute atomic E-state index is 0.113. The van der Waals surface area contributed by atoms with E-state index in [9.17, 15) is 14.7 Å². The molecule has 12 heteroatoms. The Morgan fingerprint density at radius 2 is 2.00 bits per heavy atom. The number of halogens is 1. The Labute approximate surface area is 257 Å². The molecule has 232 valence electrons. The molecule has 5 atom stereocenters. The van der Waals surface area contributed by atoms with Gasteiger partial charge in [0, 0.05) is 42.0 Å². The van der Waals surface area contributed by atoms with Gasteiger partial charge in [0.05, 0.1) is 36.6 Å². The monoisotopic (exact) mass is 619 g/mol. The highest BCUT2D eigenvalue weighted by Crippen LogP contribution is 2.60. The normalized spacial score (nSPS) is 25.5. The van der Waals surface area contributed by atoms with E-state index in [1.807, 2.05) is 49.4 Å². The Morgan fingerprint density at radius 3 is 2.66 bits per heavy atom. The van der Waals surface area contributed by atoms with E-state index in [4.69, 9.17) is 9.47 Å². The lowest BCUT2D eigenvalue weighted by Gasteiger charge is -2.31. The van der Waals surface area contributed by atoms with Crippen LogP contribution in [0.25, 0.3) is 0 Å². The van der Waals surface area contributed by atoms with Crippen LogP contribution in [0.2, 0.25) is 18.6 Å². The number of aromatic nitrogens is 3. The van der Waals surface area contributed by atoms with Crippen molar-refractivity contribution < 1.29 is 28.3 Å². The Bertz CT molecular complexity index is 1560. The standard InChI is InChI=1S/C32H38FN5O5Si/c1-5-14-38-27-12-11-23(37-16-17-42-31(37)41)18-25(27)32(30(38)40)21(2)29(44(3,4)33)28(43-32)13-15-36-19-26(34-35-36)24(20-39)22-9-7-6-8-10-22/h5-12,18-19,21,24,28-29,39H,1,13-17,20H2,2-4H3/t21-,24?,28+,29-,32+/m0/s1. The number of cyclic esters (lactones) is 1. The number of anilines is 2. The molecule has 1 aromatic heterocycles. The summed E-state index contributed by atoms with van der Waals surface area (Å²) >= 11 is 0. The second-order valence-corrected chi connectivity index (χ2v) is 16.1. The van der Waals surface area contributed by atoms with E-state index in [0.29, 0.717) is 42.1 Å². The third kappa shape index (κ3) is 4.94. The highest BCUT2D eigenvalue weighted by atomic mass is 28.4. The first-order chi connectivity index (χ1) is 21.1. The van der Waals surface area contributed by atoms with Crippen LogP contribution >= 0.6 is 0 Å². The van der Waals surface area contributed by atoms with Crippen molar-refractivity contribution in [2.24, 2.45) is 5.92 Å². The number of aliphatic hydroxyl groups is 1. The summed E-state index contributed by atoms with van der Waals surface area (Å²) in [5.74, 6) is -1.03. The number of aliphatic hydroxyl groups excluding tert-OH is 1. The second-order valence-electron chi connectivity index (χ2n) is 12.3. The Morgan fingerprint density at radius 1 is 1.23 bits per heavy atom. The maximum absolute atomic E-state index is 16.2. The van der Waals surface area contributed by atoms with Gasteiger partial charge in [-0.2, -0.15) is 0 Å². The zero-order valence-electron chi connectivity index (χ0n) is 25.2. The van der Waals surface area contributed by atoms with Gasteiger partial charge in [-0.15, -0.1) is 11.7 Å². The second kappa shape index (κ2) is 11.6. The molecule has 1 N–H and O–H groups in total. The van der Waals surface area contributed by atoms with E-state index >= 15 is 4.11 Å². The van der Waals surface area contributed by atoms with Crippen LogP contribution in [0.15, 0.2) is 67.4 Å². The van der Waals surface area contributed by atoms with E-state index in [1.165, 1.54) is 4.90 Å². The Kier molecular flexibility index (Phi) is 7.93. The molecule has 44 heavy (non-hydrogen) atoms. The van der Waals surface area contributed by atoms with E-state index in [2.05, 4.69) is 16.9 Å². The van der Waals surface area contributed by atoms with Crippen molar-refractivity contribution in [3.8, 4) is 0 Å². The molecule has 3 aliphatic rings. The molecule has 0 saturated carbocycles. The van der Waals surface area contributed by atoms with Gasteiger partial charge < -0.3 is 23.6 Å². The van der Waals surface area contributed by atoms with Gasteiger partial charge >= 0.3 is 6.09 Å². The average molecular weight is 620 g/mol. The molecule has 2 aromatic carbocycles. The number of hydrogen-bond acceptors (Lipinski definition) is 7. The maximum Gasteiger partial charge on any atom is 0.414 e. The lowest BCUT2D eigenvalue weighted by molar-refractivity contribution is -0.145. The highest BCUT2D eigenvalue weighted by molar-refractivity contribution is 6.72. The van der Waals surface area contributed by atoms with Crippen LogP contribution in [-0.4, -0.2) is 72.9 Å². The fourth-order valence-electron chi connectivity index (χ4n) is 7.31. The first kappa shape index (κ1) is 30.2. The zero-order chi connectivity index (χ0) is 31.2. The van der Waals surface area contributed by atoms with Crippen molar-refractivity contribution in [3.05, 3.63) is 84.2 Å². The first-order valence-electron chi connectivity index (χ1n) is 15.0. The van der Waals surface area contributed by atoms with Crippen LogP contribution in [-0.2, 0) is 26.4 Å². The van der Waals surface area contributed by atoms with Crippen LogP contribution in [0, 0.1) is 5.92 Å². The molecule has 2 saturated heterocycles. The molecule has 0 radical (unpaired) electrons. The van der Waals surface area contributed by atoms with Crippen molar-refractivity contribution in [3.63, 3.8) is 0 Å². The third-order valence-corrected chi connectivity index (χ3v) is 11.7. The predicted molar refractivity (Wildman–Crippen MR) is 166 cm³/mol. The van der Waals surface area contributed by atoms with E-state index in [1.54, 1.807) is 41.0 Å². The van der Waals surface area contributed by atoms with Crippen LogP contribution in [0.4, 0.5) is 20.3 Å². The van der Waals surface area contributed by atoms with Crippen LogP contribution in [0.5, 0.6) is 0 Å². The summed E-state index contributed by atoms with van der Waals surface area (Å²) in [4.78, 5) is 29.9. The number of carbonyl (C=O) groups is 2. The summed E-state index contributed by atoms with van der Waals surface area (Å²) in [5, 5.41) is 18.7. The molecule has 2 amide bonds. The van der Waals surface area contributed by atoms with Crippen LogP contribution in [0.1, 0.15) is 36.1 Å². The third-order valence-electron chi connectivity index (χ3n) is 9.27. The number of rotatable bonds is 10. The van der Waals surface area contributed by atoms with E-state index < -0.39 is 37.7 Å². The van der Waals surface area contributed by atoms with Gasteiger partial charge in [-0.25, -0.2) is 4.79 Å². The molecular formula is C32H38FN5O5Si. The van der Waals surface area contributed by atoms with Crippen LogP contribution < -0.4 is 9.80 Å². The van der Waals surface area contributed by atoms with Crippen LogP contribution in [0.3, 0.4) is 0 Å². The van der Waals surface area contributed by atoms with Gasteiger partial charge in [-0.05, 0) is 43.3 Å². The molecule has 6 rings (SSSR count). The number of benzene rings is 2. The number of hydrogen-bond donors (Lipinski definition) is 1. The summed E-state index contributed by atoms with van der Waals surface area (Å²) in [6, 6.07) is 15.1. The highest BCUT2D eigenvalue weighted by Gasteiger charge is 2.66. The fourth-order valence-corrected chi connectivity index (χ4v) is 9.85. The number of fused-ring (bicyclic) bond motifs is 2. The molecule has 1 spiro atoms. The predicted octanol–water partition coefficient (Wildman–Crippen LogP) is 4.76. The zero-order valence-corrected chi connectivity index (χ0v) is 26.2. The van der Waals surface area contributed by atoms with E-state index in [-0.39, 0.29) is 31.6 Å². The maximum atomic E-state index is 16.2. The van der Waals surface area contributed by atoms with Gasteiger partial charge in [0.25, 0.3) is 5.91 Å². The first-order valence-corrected chi connectivity index (χ1v) is 18.0. The fraction of sp³-hybridized carbons (Fsp3) is 0.438. The Hall–Kier alpha value is -3.87. The summed E-state index contributed by atoms with van der Waals surface area (Å²) in [5.41, 5.74) is 1.60. The minimum atomic E-state index is -3.36. The molecule has 1 unspecified atom stereocenters. The average Bonchev–Trinajstić information content (AvgIpc) is 3.76. The van der Waals surface area contributed by atoms with Crippen molar-refractivity contribution in [2.45, 2.75) is 56.1 Å². The SMILES string of the molecule is C=CCN1C(=O)[C@]2(O[C@H](CCn3cc(C(CO)c4ccccc4)nn3)[C@@H]([Si](C)(C)F)[C@@H]2C)c2cc(N3CCOC3=O)ccc21. The van der Waals surface area contributed by atoms with Crippen molar-refractivity contribution >= 4 is 31.8 Å². The van der Waals surface area contributed by atoms with Gasteiger partial charge in [0.15, 0.2) is 5.60 Å². The van der Waals surface area contributed by atoms with Gasteiger partial charge in [-0.3, -0.25) is 14.4 Å². The smallest absolute Gasteiger partial charge is 0.414 e. The van der Waals surface area contributed by atoms with E-state index in [0.717, 1.165) is 5.56 Å². The number of nitrogens with zero attached hydrogens (tertiary/aromatic N) is 5.